The summed E-state index contributed by atoms with van der Waals surface area (Å²) in [4.78, 5) is 2.50. The van der Waals surface area contributed by atoms with Crippen LogP contribution in [0.3, 0.4) is 0 Å². The maximum atomic E-state index is 8.66. The highest BCUT2D eigenvalue weighted by Gasteiger charge is 2.40. The van der Waals surface area contributed by atoms with Gasteiger partial charge in [0.05, 0.1) is 6.07 Å². The molecule has 0 spiro atoms. The number of nitrogens with zero attached hydrogens (tertiary/aromatic N) is 2. The minimum Gasteiger partial charge on any atom is -0.303 e. The molecule has 2 atom stereocenters. The molecule has 1 unspecified atom stereocenters. The van der Waals surface area contributed by atoms with Gasteiger partial charge in [-0.15, -0.1) is 0 Å². The van der Waals surface area contributed by atoms with E-state index in [1.807, 2.05) is 0 Å². The maximum Gasteiger partial charge on any atom is 0.0628 e. The molecule has 0 aromatic carbocycles. The van der Waals surface area contributed by atoms with Crippen molar-refractivity contribution in [2.24, 2.45) is 5.41 Å². The molecule has 2 aliphatic rings. The summed E-state index contributed by atoms with van der Waals surface area (Å²) in [6.07, 6.45) is 4.64. The van der Waals surface area contributed by atoms with Gasteiger partial charge in [-0.05, 0) is 37.8 Å². The van der Waals surface area contributed by atoms with Crippen LogP contribution in [-0.4, -0.2) is 24.5 Å². The third-order valence-electron chi connectivity index (χ3n) is 3.15. The van der Waals surface area contributed by atoms with Gasteiger partial charge in [0, 0.05) is 13.0 Å². The van der Waals surface area contributed by atoms with Crippen molar-refractivity contribution in [2.45, 2.75) is 25.7 Å². The molecule has 11 heavy (non-hydrogen) atoms. The fourth-order valence-corrected chi connectivity index (χ4v) is 2.50. The van der Waals surface area contributed by atoms with E-state index in [0.29, 0.717) is 5.41 Å². The van der Waals surface area contributed by atoms with E-state index in [9.17, 15) is 0 Å². The summed E-state index contributed by atoms with van der Waals surface area (Å²) in [6.45, 7) is 3.70. The molecule has 2 rings (SSSR count). The Hall–Kier alpha value is -0.550. The number of hydrogen-bond donors (Lipinski definition) is 0. The quantitative estimate of drug-likeness (QED) is 0.564. The molecule has 0 amide bonds. The molecule has 0 aromatic rings. The lowest BCUT2D eigenvalue weighted by atomic mass is 9.79. The van der Waals surface area contributed by atoms with Crippen LogP contribution in [0.1, 0.15) is 25.7 Å². The summed E-state index contributed by atoms with van der Waals surface area (Å²) in [5, 5.41) is 8.66. The van der Waals surface area contributed by atoms with Crippen LogP contribution >= 0.6 is 0 Å². The Kier molecular flexibility index (Phi) is 1.61. The Balaban J connectivity index is 2.08. The Bertz CT molecular complexity index is 190. The summed E-state index contributed by atoms with van der Waals surface area (Å²) < 4.78 is 0. The van der Waals surface area contributed by atoms with Crippen molar-refractivity contribution < 1.29 is 0 Å². The first-order valence-corrected chi connectivity index (χ1v) is 4.44. The Morgan fingerprint density at radius 3 is 3.09 bits per heavy atom. The molecule has 0 N–H and O–H groups in total. The monoisotopic (exact) mass is 150 g/mol. The van der Waals surface area contributed by atoms with Gasteiger partial charge in [0.1, 0.15) is 0 Å². The zero-order valence-corrected chi connectivity index (χ0v) is 6.84. The lowest BCUT2D eigenvalue weighted by molar-refractivity contribution is 0.186. The van der Waals surface area contributed by atoms with Crippen LogP contribution in [-0.2, 0) is 0 Å². The summed E-state index contributed by atoms with van der Waals surface area (Å²) in [7, 11) is 0. The fraction of sp³-hybridized carbons (Fsp3) is 0.889. The van der Waals surface area contributed by atoms with Gasteiger partial charge in [-0.3, -0.25) is 0 Å². The van der Waals surface area contributed by atoms with Crippen molar-refractivity contribution in [3.05, 3.63) is 0 Å². The van der Waals surface area contributed by atoms with E-state index in [1.165, 1.54) is 38.9 Å². The Morgan fingerprint density at radius 2 is 2.27 bits per heavy atom. The molecule has 2 fully saturated rings. The first-order chi connectivity index (χ1) is 5.35. The van der Waals surface area contributed by atoms with E-state index in [1.54, 1.807) is 0 Å². The molecule has 0 saturated carbocycles. The normalized spacial score (nSPS) is 41.9. The minimum atomic E-state index is 0.410. The summed E-state index contributed by atoms with van der Waals surface area (Å²) in [5.74, 6) is 0. The van der Waals surface area contributed by atoms with E-state index in [0.717, 1.165) is 6.42 Å². The Labute approximate surface area is 67.8 Å². The molecule has 2 saturated heterocycles. The number of piperidine rings is 1. The van der Waals surface area contributed by atoms with Crippen LogP contribution in [0.4, 0.5) is 0 Å². The first kappa shape index (κ1) is 7.12. The van der Waals surface area contributed by atoms with E-state index in [-0.39, 0.29) is 0 Å². The molecule has 2 heterocycles. The minimum absolute atomic E-state index is 0.410. The van der Waals surface area contributed by atoms with Gasteiger partial charge in [0.15, 0.2) is 0 Å². The molecular formula is C9H14N2. The van der Waals surface area contributed by atoms with Crippen molar-refractivity contribution in [1.29, 1.82) is 5.26 Å². The van der Waals surface area contributed by atoms with Crippen LogP contribution in [0.2, 0.25) is 0 Å². The maximum absolute atomic E-state index is 8.66. The highest BCUT2D eigenvalue weighted by molar-refractivity contribution is 4.98. The van der Waals surface area contributed by atoms with Gasteiger partial charge in [-0.25, -0.2) is 0 Å². The molecule has 2 heteroatoms. The lowest BCUT2D eigenvalue weighted by Gasteiger charge is -2.31. The van der Waals surface area contributed by atoms with Gasteiger partial charge in [-0.1, -0.05) is 0 Å². The molecule has 0 radical (unpaired) electrons. The van der Waals surface area contributed by atoms with Crippen molar-refractivity contribution >= 4 is 0 Å². The molecule has 0 aromatic heterocycles. The van der Waals surface area contributed by atoms with Gasteiger partial charge >= 0.3 is 0 Å². The van der Waals surface area contributed by atoms with Gasteiger partial charge in [0.2, 0.25) is 0 Å². The zero-order valence-electron chi connectivity index (χ0n) is 6.84. The number of rotatable bonds is 1. The van der Waals surface area contributed by atoms with Gasteiger partial charge in [-0.2, -0.15) is 5.26 Å². The average molecular weight is 150 g/mol. The Morgan fingerprint density at radius 1 is 1.36 bits per heavy atom. The lowest BCUT2D eigenvalue weighted by Crippen LogP contribution is -2.33. The van der Waals surface area contributed by atoms with E-state index < -0.39 is 0 Å². The topological polar surface area (TPSA) is 27.0 Å². The summed E-state index contributed by atoms with van der Waals surface area (Å²) in [6, 6.07) is 2.33. The van der Waals surface area contributed by atoms with Crippen LogP contribution in [0.5, 0.6) is 0 Å². The molecule has 2 nitrogen and oxygen atoms in total. The van der Waals surface area contributed by atoms with Crippen LogP contribution in [0.25, 0.3) is 0 Å². The van der Waals surface area contributed by atoms with Gasteiger partial charge in [0.25, 0.3) is 0 Å². The predicted molar refractivity (Wildman–Crippen MR) is 43.0 cm³/mol. The van der Waals surface area contributed by atoms with Crippen molar-refractivity contribution in [1.82, 2.24) is 4.90 Å². The summed E-state index contributed by atoms with van der Waals surface area (Å²) >= 11 is 0. The van der Waals surface area contributed by atoms with E-state index in [2.05, 4.69) is 11.0 Å². The summed E-state index contributed by atoms with van der Waals surface area (Å²) in [5.41, 5.74) is 0.410. The SMILES string of the molecule is N#CC[C@]12CCCN(CC1)C2. The smallest absolute Gasteiger partial charge is 0.0628 e. The average Bonchev–Trinajstić information content (AvgIpc) is 2.28. The standard InChI is InChI=1S/C9H14N2/c10-5-3-9-2-1-6-11(8-9)7-4-9/h1-4,6-8H2/t9-/m1/s1. The van der Waals surface area contributed by atoms with Crippen LogP contribution < -0.4 is 0 Å². The predicted octanol–water partition coefficient (Wildman–Crippen LogP) is 1.39. The second-order valence-electron chi connectivity index (χ2n) is 3.96. The van der Waals surface area contributed by atoms with Crippen molar-refractivity contribution in [3.63, 3.8) is 0 Å². The molecular weight excluding hydrogens is 136 g/mol. The van der Waals surface area contributed by atoms with E-state index >= 15 is 0 Å². The van der Waals surface area contributed by atoms with Crippen molar-refractivity contribution in [2.75, 3.05) is 19.6 Å². The second-order valence-corrected chi connectivity index (χ2v) is 3.96. The zero-order chi connectivity index (χ0) is 7.73. The highest BCUT2D eigenvalue weighted by atomic mass is 15.2. The highest BCUT2D eigenvalue weighted by Crippen LogP contribution is 2.41. The number of fused-ring (bicyclic) bond motifs is 2. The number of hydrogen-bond acceptors (Lipinski definition) is 2. The van der Waals surface area contributed by atoms with Crippen LogP contribution in [0, 0.1) is 16.7 Å². The van der Waals surface area contributed by atoms with Gasteiger partial charge < -0.3 is 4.90 Å². The van der Waals surface area contributed by atoms with Crippen LogP contribution in [0.15, 0.2) is 0 Å². The fourth-order valence-electron chi connectivity index (χ4n) is 2.50. The largest absolute Gasteiger partial charge is 0.303 e. The number of nitriles is 1. The van der Waals surface area contributed by atoms with Crippen molar-refractivity contribution in [3.8, 4) is 6.07 Å². The second kappa shape index (κ2) is 2.49. The van der Waals surface area contributed by atoms with E-state index in [4.69, 9.17) is 5.26 Å². The third kappa shape index (κ3) is 1.14. The first-order valence-electron chi connectivity index (χ1n) is 4.44. The third-order valence-corrected chi connectivity index (χ3v) is 3.15. The molecule has 60 valence electrons. The molecule has 2 bridgehead atoms. The molecule has 0 aliphatic carbocycles. The molecule has 2 aliphatic heterocycles.